The molecule has 0 aliphatic heterocycles. The summed E-state index contributed by atoms with van der Waals surface area (Å²) in [5, 5.41) is 24.7. The molecule has 1 amide bonds. The fourth-order valence-electron chi connectivity index (χ4n) is 7.14. The summed E-state index contributed by atoms with van der Waals surface area (Å²) in [7, 11) is 1.41. The van der Waals surface area contributed by atoms with Crippen LogP contribution in [0.25, 0.3) is 10.8 Å². The lowest BCUT2D eigenvalue weighted by Crippen LogP contribution is -2.45. The molecule has 4 atom stereocenters. The monoisotopic (exact) mass is 608 g/mol. The maximum atomic E-state index is 13.5. The smallest absolute Gasteiger partial charge is 0.312 e. The minimum Gasteiger partial charge on any atom is -0.496 e. The zero-order chi connectivity index (χ0) is 31.7. The summed E-state index contributed by atoms with van der Waals surface area (Å²) >= 11 is 0. The Balaban J connectivity index is 1.11. The summed E-state index contributed by atoms with van der Waals surface area (Å²) in [6.45, 7) is 2.12. The fraction of sp³-hybridized carbons (Fsp3) is 0.389. The number of fused-ring (bicyclic) bond motifs is 3. The number of carboxylic acid groups (broad SMARTS) is 1. The van der Waals surface area contributed by atoms with Crippen molar-refractivity contribution in [3.63, 3.8) is 0 Å². The van der Waals surface area contributed by atoms with Crippen LogP contribution in [0.3, 0.4) is 0 Å². The van der Waals surface area contributed by atoms with Crippen LogP contribution in [0.5, 0.6) is 11.5 Å². The number of allylic oxidation sites excluding steroid dienone is 1. The van der Waals surface area contributed by atoms with E-state index in [1.165, 1.54) is 19.2 Å². The molecule has 3 aliphatic carbocycles. The van der Waals surface area contributed by atoms with Crippen molar-refractivity contribution in [1.29, 1.82) is 5.26 Å². The number of aliphatic carboxylic acids is 1. The molecule has 2 bridgehead atoms. The largest absolute Gasteiger partial charge is 0.496 e. The molecular formula is C36H36N2O7. The predicted octanol–water partition coefficient (Wildman–Crippen LogP) is 5.80. The number of hydrogen-bond donors (Lipinski definition) is 2. The van der Waals surface area contributed by atoms with Crippen LogP contribution in [0.4, 0.5) is 0 Å². The average molecular weight is 609 g/mol. The fourth-order valence-corrected chi connectivity index (χ4v) is 7.14. The Bertz CT molecular complexity index is 1710. The average Bonchev–Trinajstić information content (AvgIpc) is 3.66. The maximum Gasteiger partial charge on any atom is 0.312 e. The number of benzene rings is 3. The van der Waals surface area contributed by atoms with Gasteiger partial charge in [-0.1, -0.05) is 54.6 Å². The molecule has 0 saturated heterocycles. The van der Waals surface area contributed by atoms with Crippen LogP contribution in [0, 0.1) is 34.5 Å². The quantitative estimate of drug-likeness (QED) is 0.230. The molecule has 2 N–H and O–H groups in total. The first-order chi connectivity index (χ1) is 21.7. The number of nitrogens with one attached hydrogen (secondary N) is 1. The highest BCUT2D eigenvalue weighted by Gasteiger charge is 2.49. The Labute approximate surface area is 261 Å². The first-order valence-corrected chi connectivity index (χ1v) is 15.4. The Kier molecular flexibility index (Phi) is 8.24. The minimum atomic E-state index is -0.935. The van der Waals surface area contributed by atoms with Crippen molar-refractivity contribution in [3.8, 4) is 17.6 Å². The number of amides is 1. The van der Waals surface area contributed by atoms with Crippen LogP contribution >= 0.6 is 0 Å². The predicted molar refractivity (Wildman–Crippen MR) is 166 cm³/mol. The van der Waals surface area contributed by atoms with E-state index in [9.17, 15) is 24.8 Å². The third-order valence-corrected chi connectivity index (χ3v) is 9.77. The summed E-state index contributed by atoms with van der Waals surface area (Å²) in [5.41, 5.74) is 0.682. The van der Waals surface area contributed by atoms with Gasteiger partial charge in [-0.3, -0.25) is 14.4 Å². The number of carboxylic acids is 1. The number of carbonyl (C=O) groups is 3. The third kappa shape index (κ3) is 5.85. The van der Waals surface area contributed by atoms with Gasteiger partial charge in [-0.05, 0) is 73.3 Å². The van der Waals surface area contributed by atoms with Gasteiger partial charge in [0.15, 0.2) is 0 Å². The van der Waals surface area contributed by atoms with E-state index < -0.39 is 29.3 Å². The van der Waals surface area contributed by atoms with Gasteiger partial charge in [0.05, 0.1) is 35.7 Å². The van der Waals surface area contributed by atoms with Gasteiger partial charge in [0.25, 0.3) is 5.91 Å². The summed E-state index contributed by atoms with van der Waals surface area (Å²) in [6, 6.07) is 18.5. The van der Waals surface area contributed by atoms with Gasteiger partial charge >= 0.3 is 11.9 Å². The summed E-state index contributed by atoms with van der Waals surface area (Å²) in [5.74, 6) is -2.06. The molecular weight excluding hydrogens is 572 g/mol. The van der Waals surface area contributed by atoms with Gasteiger partial charge in [0.2, 0.25) is 0 Å². The van der Waals surface area contributed by atoms with Crippen LogP contribution in [-0.4, -0.2) is 42.2 Å². The number of nitriles is 1. The highest BCUT2D eigenvalue weighted by molar-refractivity contribution is 5.98. The first-order valence-electron chi connectivity index (χ1n) is 15.4. The third-order valence-electron chi connectivity index (χ3n) is 9.77. The Hall–Kier alpha value is -4.84. The van der Waals surface area contributed by atoms with Gasteiger partial charge in [-0.2, -0.15) is 5.26 Å². The topological polar surface area (TPSA) is 135 Å². The molecule has 2 fully saturated rings. The second-order valence-electron chi connectivity index (χ2n) is 12.6. The molecule has 0 heterocycles. The van der Waals surface area contributed by atoms with E-state index in [-0.39, 0.29) is 53.1 Å². The van der Waals surface area contributed by atoms with Crippen LogP contribution in [-0.2, 0) is 20.9 Å². The van der Waals surface area contributed by atoms with Crippen molar-refractivity contribution in [3.05, 3.63) is 83.4 Å². The van der Waals surface area contributed by atoms with E-state index >= 15 is 0 Å². The SMILES string of the molecule is COc1cc(C#N)c(OC2CCC(C)(C(=O)OCc3cccc4ccccc34)CC2)cc1C(=O)NC1C2C=CC(C2)C1C(=O)O. The Morgan fingerprint density at radius 2 is 1.76 bits per heavy atom. The standard InChI is InChI=1S/C36H36N2O7/c1-36(35(42)44-20-24-8-5-7-21-6-3-4-9-27(21)24)14-12-26(13-15-36)45-29-18-28(30(43-2)17-25(29)19-37)33(39)38-32-23-11-10-22(16-23)31(32)34(40)41/h3-11,17-18,22-23,26,31-32H,12-16,20H2,1-2H3,(H,38,39)(H,40,41). The van der Waals surface area contributed by atoms with Gasteiger partial charge in [0, 0.05) is 12.1 Å². The Morgan fingerprint density at radius 1 is 1.02 bits per heavy atom. The highest BCUT2D eigenvalue weighted by atomic mass is 16.5. The molecule has 0 spiro atoms. The summed E-state index contributed by atoms with van der Waals surface area (Å²) in [4.78, 5) is 38.6. The Morgan fingerprint density at radius 3 is 2.49 bits per heavy atom. The molecule has 3 aliphatic rings. The van der Waals surface area contributed by atoms with E-state index in [2.05, 4.69) is 11.4 Å². The van der Waals surface area contributed by atoms with E-state index in [0.29, 0.717) is 32.1 Å². The number of ether oxygens (including phenoxy) is 3. The number of carbonyl (C=O) groups excluding carboxylic acids is 2. The van der Waals surface area contributed by atoms with E-state index in [1.807, 2.05) is 61.5 Å². The molecule has 9 nitrogen and oxygen atoms in total. The number of nitrogens with zero attached hydrogens (tertiary/aromatic N) is 1. The van der Waals surface area contributed by atoms with Crippen molar-refractivity contribution < 1.29 is 33.7 Å². The zero-order valence-electron chi connectivity index (χ0n) is 25.3. The van der Waals surface area contributed by atoms with Crippen molar-refractivity contribution >= 4 is 28.6 Å². The molecule has 3 aromatic rings. The van der Waals surface area contributed by atoms with Crippen LogP contribution < -0.4 is 14.8 Å². The van der Waals surface area contributed by atoms with Crippen molar-refractivity contribution in [2.75, 3.05) is 7.11 Å². The lowest BCUT2D eigenvalue weighted by atomic mass is 9.74. The van der Waals surface area contributed by atoms with Crippen molar-refractivity contribution in [2.45, 2.75) is 57.8 Å². The molecule has 4 unspecified atom stereocenters. The molecule has 0 radical (unpaired) electrons. The van der Waals surface area contributed by atoms with E-state index in [4.69, 9.17) is 14.2 Å². The normalized spacial score (nSPS) is 26.6. The first kappa shape index (κ1) is 30.2. The summed E-state index contributed by atoms with van der Waals surface area (Å²) in [6.07, 6.45) is 6.53. The van der Waals surface area contributed by atoms with Crippen LogP contribution in [0.15, 0.2) is 66.7 Å². The molecule has 6 rings (SSSR count). The molecule has 2 saturated carbocycles. The number of methoxy groups -OCH3 is 1. The van der Waals surface area contributed by atoms with Crippen molar-refractivity contribution in [2.24, 2.45) is 23.2 Å². The summed E-state index contributed by atoms with van der Waals surface area (Å²) < 4.78 is 17.5. The van der Waals surface area contributed by atoms with Gasteiger partial charge in [0.1, 0.15) is 24.2 Å². The molecule has 45 heavy (non-hydrogen) atoms. The molecule has 9 heteroatoms. The lowest BCUT2D eigenvalue weighted by Gasteiger charge is -2.35. The van der Waals surface area contributed by atoms with Crippen molar-refractivity contribution in [1.82, 2.24) is 5.32 Å². The van der Waals surface area contributed by atoms with Gasteiger partial charge < -0.3 is 24.6 Å². The molecule has 232 valence electrons. The van der Waals surface area contributed by atoms with Gasteiger partial charge in [-0.15, -0.1) is 0 Å². The molecule has 3 aromatic carbocycles. The highest BCUT2D eigenvalue weighted by Crippen LogP contribution is 2.44. The minimum absolute atomic E-state index is 0.0459. The number of esters is 1. The maximum absolute atomic E-state index is 13.5. The zero-order valence-corrected chi connectivity index (χ0v) is 25.3. The molecule has 0 aromatic heterocycles. The second-order valence-corrected chi connectivity index (χ2v) is 12.6. The number of rotatable bonds is 9. The van der Waals surface area contributed by atoms with E-state index in [1.54, 1.807) is 0 Å². The van der Waals surface area contributed by atoms with Crippen LogP contribution in [0.1, 0.15) is 60.5 Å². The van der Waals surface area contributed by atoms with E-state index in [0.717, 1.165) is 16.3 Å². The lowest BCUT2D eigenvalue weighted by molar-refractivity contribution is -0.159. The number of hydrogen-bond acceptors (Lipinski definition) is 7. The second kappa shape index (κ2) is 12.3. The van der Waals surface area contributed by atoms with Gasteiger partial charge in [-0.25, -0.2) is 0 Å². The van der Waals surface area contributed by atoms with Crippen LogP contribution in [0.2, 0.25) is 0 Å².